The Kier molecular flexibility index (Phi) is 5.31. The lowest BCUT2D eigenvalue weighted by atomic mass is 10.0. The lowest BCUT2D eigenvalue weighted by Crippen LogP contribution is -2.42. The number of hydrogen-bond donors (Lipinski definition) is 2. The molecule has 3 atom stereocenters. The molecule has 0 saturated carbocycles. The number of ether oxygens (including phenoxy) is 1. The van der Waals surface area contributed by atoms with E-state index in [0.29, 0.717) is 12.5 Å². The molecule has 0 radical (unpaired) electrons. The molecule has 1 saturated heterocycles. The number of aliphatic hydroxyl groups excluding tert-OH is 1. The minimum Gasteiger partial charge on any atom is -0.388 e. The molecule has 1 aromatic rings. The van der Waals surface area contributed by atoms with E-state index in [0.717, 1.165) is 31.6 Å². The van der Waals surface area contributed by atoms with Crippen LogP contribution in [0.1, 0.15) is 37.9 Å². The van der Waals surface area contributed by atoms with Gasteiger partial charge in [-0.2, -0.15) is 0 Å². The van der Waals surface area contributed by atoms with Gasteiger partial charge in [0.25, 0.3) is 0 Å². The van der Waals surface area contributed by atoms with E-state index in [1.54, 1.807) is 12.1 Å². The first-order valence-electron chi connectivity index (χ1n) is 6.92. The van der Waals surface area contributed by atoms with Crippen molar-refractivity contribution in [2.45, 2.75) is 44.4 Å². The highest BCUT2D eigenvalue weighted by Crippen LogP contribution is 2.19. The smallest absolute Gasteiger partial charge is 0.123 e. The Bertz CT molecular complexity index is 376. The number of hydrogen-bond acceptors (Lipinski definition) is 3. The van der Waals surface area contributed by atoms with Crippen LogP contribution < -0.4 is 5.32 Å². The van der Waals surface area contributed by atoms with Crippen molar-refractivity contribution < 1.29 is 14.2 Å². The Morgan fingerprint density at radius 2 is 2.16 bits per heavy atom. The van der Waals surface area contributed by atoms with Crippen molar-refractivity contribution in [3.8, 4) is 0 Å². The van der Waals surface area contributed by atoms with Gasteiger partial charge in [0, 0.05) is 18.7 Å². The average Bonchev–Trinajstić information content (AvgIpc) is 2.40. The predicted octanol–water partition coefficient (Wildman–Crippen LogP) is 2.41. The molecule has 0 bridgehead atoms. The molecule has 3 nitrogen and oxygen atoms in total. The molecular formula is C15H22FNO2. The van der Waals surface area contributed by atoms with Crippen LogP contribution in [0.4, 0.5) is 4.39 Å². The summed E-state index contributed by atoms with van der Waals surface area (Å²) in [7, 11) is 0. The largest absolute Gasteiger partial charge is 0.388 e. The Morgan fingerprint density at radius 3 is 2.79 bits per heavy atom. The van der Waals surface area contributed by atoms with Gasteiger partial charge in [-0.3, -0.25) is 0 Å². The highest BCUT2D eigenvalue weighted by atomic mass is 19.1. The van der Waals surface area contributed by atoms with Gasteiger partial charge in [-0.1, -0.05) is 12.1 Å². The molecule has 2 N–H and O–H groups in total. The normalized spacial score (nSPS) is 23.0. The Labute approximate surface area is 113 Å². The average molecular weight is 267 g/mol. The van der Waals surface area contributed by atoms with Crippen LogP contribution in [0, 0.1) is 5.82 Å². The van der Waals surface area contributed by atoms with Crippen molar-refractivity contribution in [3.05, 3.63) is 35.6 Å². The van der Waals surface area contributed by atoms with Gasteiger partial charge in [0.15, 0.2) is 0 Å². The summed E-state index contributed by atoms with van der Waals surface area (Å²) in [5, 5.41) is 13.6. The first-order valence-corrected chi connectivity index (χ1v) is 6.92. The van der Waals surface area contributed by atoms with Crippen molar-refractivity contribution in [1.82, 2.24) is 5.32 Å². The van der Waals surface area contributed by atoms with E-state index in [1.165, 1.54) is 12.1 Å². The number of halogens is 1. The van der Waals surface area contributed by atoms with Crippen molar-refractivity contribution in [2.75, 3.05) is 13.2 Å². The third kappa shape index (κ3) is 4.56. The molecule has 2 rings (SSSR count). The van der Waals surface area contributed by atoms with Crippen LogP contribution in [0.15, 0.2) is 24.3 Å². The van der Waals surface area contributed by atoms with Crippen molar-refractivity contribution in [2.24, 2.45) is 0 Å². The second kappa shape index (κ2) is 6.98. The predicted molar refractivity (Wildman–Crippen MR) is 72.4 cm³/mol. The molecule has 1 heterocycles. The summed E-state index contributed by atoms with van der Waals surface area (Å²) >= 11 is 0. The standard InChI is InChI=1S/C15H22FNO2/c1-11(17-14-3-2-8-19-10-14)9-15(18)12-4-6-13(16)7-5-12/h4-7,11,14-15,17-18H,2-3,8-10H2,1H3/t11-,14-,15-/m1/s1. The molecule has 1 fully saturated rings. The van der Waals surface area contributed by atoms with E-state index in [1.807, 2.05) is 0 Å². The summed E-state index contributed by atoms with van der Waals surface area (Å²) in [5.74, 6) is -0.276. The maximum atomic E-state index is 12.8. The topological polar surface area (TPSA) is 41.5 Å². The van der Waals surface area contributed by atoms with Crippen LogP contribution in [0.3, 0.4) is 0 Å². The molecule has 0 spiro atoms. The first-order chi connectivity index (χ1) is 9.15. The third-order valence-corrected chi connectivity index (χ3v) is 3.51. The molecule has 1 aliphatic heterocycles. The summed E-state index contributed by atoms with van der Waals surface area (Å²) < 4.78 is 18.2. The zero-order valence-corrected chi connectivity index (χ0v) is 11.3. The molecular weight excluding hydrogens is 245 g/mol. The van der Waals surface area contributed by atoms with Crippen LogP contribution in [0.25, 0.3) is 0 Å². The molecule has 4 heteroatoms. The van der Waals surface area contributed by atoms with E-state index in [2.05, 4.69) is 12.2 Å². The van der Waals surface area contributed by atoms with Gasteiger partial charge in [-0.15, -0.1) is 0 Å². The minimum atomic E-state index is -0.562. The highest BCUT2D eigenvalue weighted by Gasteiger charge is 2.18. The van der Waals surface area contributed by atoms with Crippen LogP contribution in [-0.4, -0.2) is 30.4 Å². The summed E-state index contributed by atoms with van der Waals surface area (Å²) in [5.41, 5.74) is 0.759. The van der Waals surface area contributed by atoms with Crippen molar-refractivity contribution >= 4 is 0 Å². The van der Waals surface area contributed by atoms with Gasteiger partial charge >= 0.3 is 0 Å². The van der Waals surface area contributed by atoms with Gasteiger partial charge in [0.2, 0.25) is 0 Å². The minimum absolute atomic E-state index is 0.201. The Hall–Kier alpha value is -0.970. The third-order valence-electron chi connectivity index (χ3n) is 3.51. The van der Waals surface area contributed by atoms with Gasteiger partial charge in [0.05, 0.1) is 12.7 Å². The lowest BCUT2D eigenvalue weighted by Gasteiger charge is -2.27. The van der Waals surface area contributed by atoms with Crippen LogP contribution in [0.5, 0.6) is 0 Å². The Morgan fingerprint density at radius 1 is 1.42 bits per heavy atom. The molecule has 1 aromatic carbocycles. The zero-order valence-electron chi connectivity index (χ0n) is 11.3. The van der Waals surface area contributed by atoms with E-state index in [-0.39, 0.29) is 11.9 Å². The summed E-state index contributed by atoms with van der Waals surface area (Å²) in [6.45, 7) is 3.66. The van der Waals surface area contributed by atoms with E-state index < -0.39 is 6.10 Å². The maximum absolute atomic E-state index is 12.8. The van der Waals surface area contributed by atoms with Crippen LogP contribution in [-0.2, 0) is 4.74 Å². The fourth-order valence-corrected chi connectivity index (χ4v) is 2.50. The Balaban J connectivity index is 1.80. The molecule has 1 aliphatic rings. The first kappa shape index (κ1) is 14.4. The number of aliphatic hydroxyl groups is 1. The van der Waals surface area contributed by atoms with Gasteiger partial charge in [0.1, 0.15) is 5.82 Å². The summed E-state index contributed by atoms with van der Waals surface area (Å²) in [4.78, 5) is 0. The number of rotatable bonds is 5. The SMILES string of the molecule is C[C@H](C[C@@H](O)c1ccc(F)cc1)N[C@@H]1CCCOC1. The molecule has 106 valence electrons. The number of benzene rings is 1. The van der Waals surface area contributed by atoms with Crippen LogP contribution >= 0.6 is 0 Å². The number of nitrogens with one attached hydrogen (secondary N) is 1. The van der Waals surface area contributed by atoms with E-state index >= 15 is 0 Å². The molecule has 0 unspecified atom stereocenters. The van der Waals surface area contributed by atoms with Crippen molar-refractivity contribution in [3.63, 3.8) is 0 Å². The van der Waals surface area contributed by atoms with Gasteiger partial charge in [-0.25, -0.2) is 4.39 Å². The fourth-order valence-electron chi connectivity index (χ4n) is 2.50. The summed E-state index contributed by atoms with van der Waals surface area (Å²) in [6.07, 6.45) is 2.26. The van der Waals surface area contributed by atoms with Gasteiger partial charge < -0.3 is 15.2 Å². The van der Waals surface area contributed by atoms with Gasteiger partial charge in [-0.05, 0) is 43.9 Å². The fraction of sp³-hybridized carbons (Fsp3) is 0.600. The maximum Gasteiger partial charge on any atom is 0.123 e. The molecule has 19 heavy (non-hydrogen) atoms. The highest BCUT2D eigenvalue weighted by molar-refractivity contribution is 5.18. The second-order valence-corrected chi connectivity index (χ2v) is 5.28. The molecule has 0 amide bonds. The zero-order chi connectivity index (χ0) is 13.7. The quantitative estimate of drug-likeness (QED) is 0.861. The van der Waals surface area contributed by atoms with Crippen molar-refractivity contribution in [1.29, 1.82) is 0 Å². The lowest BCUT2D eigenvalue weighted by molar-refractivity contribution is 0.0628. The van der Waals surface area contributed by atoms with E-state index in [4.69, 9.17) is 4.74 Å². The second-order valence-electron chi connectivity index (χ2n) is 5.28. The summed E-state index contributed by atoms with van der Waals surface area (Å²) in [6, 6.07) is 6.61. The van der Waals surface area contributed by atoms with Crippen LogP contribution in [0.2, 0.25) is 0 Å². The molecule has 0 aromatic heterocycles. The monoisotopic (exact) mass is 267 g/mol. The van der Waals surface area contributed by atoms with E-state index in [9.17, 15) is 9.50 Å². The molecule has 0 aliphatic carbocycles.